The average molecular weight is 534 g/mol. The van der Waals surface area contributed by atoms with Gasteiger partial charge < -0.3 is 19.2 Å². The zero-order valence-electron chi connectivity index (χ0n) is 21.8. The van der Waals surface area contributed by atoms with E-state index in [-0.39, 0.29) is 23.0 Å². The summed E-state index contributed by atoms with van der Waals surface area (Å²) in [5.41, 5.74) is 2.21. The maximum atomic E-state index is 13.6. The van der Waals surface area contributed by atoms with Crippen molar-refractivity contribution < 1.29 is 17.5 Å². The molecule has 1 aliphatic heterocycles. The summed E-state index contributed by atoms with van der Waals surface area (Å²) < 4.78 is 48.5. The van der Waals surface area contributed by atoms with Gasteiger partial charge in [0.1, 0.15) is 17.1 Å². The second kappa shape index (κ2) is 11.7. The zero-order valence-corrected chi connectivity index (χ0v) is 22.6. The molecule has 0 amide bonds. The number of nitrogens with zero attached hydrogens (tertiary/aromatic N) is 4. The van der Waals surface area contributed by atoms with Crippen LogP contribution in [0.1, 0.15) is 38.7 Å². The molecule has 0 atom stereocenters. The van der Waals surface area contributed by atoms with Crippen molar-refractivity contribution in [1.82, 2.24) is 23.7 Å². The molecule has 37 heavy (non-hydrogen) atoms. The number of H-pyrrole nitrogens is 1. The van der Waals surface area contributed by atoms with Crippen molar-refractivity contribution in [3.05, 3.63) is 40.3 Å². The highest BCUT2D eigenvalue weighted by Gasteiger charge is 2.29. The van der Waals surface area contributed by atoms with Gasteiger partial charge in [0, 0.05) is 39.4 Å². The molecule has 1 N–H and O–H groups in total. The van der Waals surface area contributed by atoms with Crippen molar-refractivity contribution in [1.29, 1.82) is 0 Å². The number of nitrogens with one attached hydrogen (secondary N) is 1. The third-order valence-electron chi connectivity index (χ3n) is 6.75. The molecule has 9 nitrogen and oxygen atoms in total. The Morgan fingerprint density at radius 3 is 2.57 bits per heavy atom. The summed E-state index contributed by atoms with van der Waals surface area (Å²) in [4.78, 5) is 22.9. The van der Waals surface area contributed by atoms with Gasteiger partial charge in [-0.15, -0.1) is 0 Å². The van der Waals surface area contributed by atoms with Gasteiger partial charge in [0.25, 0.3) is 5.56 Å². The quantitative estimate of drug-likeness (QED) is 0.380. The number of hydrogen-bond acceptors (Lipinski definition) is 6. The smallest absolute Gasteiger partial charge is 0.275 e. The molecule has 0 spiro atoms. The Labute approximate surface area is 217 Å². The number of rotatable bonds is 11. The highest BCUT2D eigenvalue weighted by atomic mass is 32.2. The summed E-state index contributed by atoms with van der Waals surface area (Å²) in [5, 5.41) is 0. The SMILES string of the molecule is CCCc1cn(C)c2c(=O)[nH]c(-c3cc(S(=O)(=O)N4CCN(CCCCF)CC4)ccc3OCC)nc12. The first-order valence-electron chi connectivity index (χ1n) is 12.9. The second-order valence-corrected chi connectivity index (χ2v) is 11.3. The van der Waals surface area contributed by atoms with Gasteiger partial charge in [-0.05, 0) is 56.5 Å². The molecule has 1 aromatic carbocycles. The number of halogens is 1. The third-order valence-corrected chi connectivity index (χ3v) is 8.65. The lowest BCUT2D eigenvalue weighted by Crippen LogP contribution is -2.48. The van der Waals surface area contributed by atoms with Crippen LogP contribution < -0.4 is 10.3 Å². The molecule has 3 aromatic rings. The standard InChI is InChI=1S/C26H36FN5O4S/c1-4-8-19-18-30(3)24-23(19)28-25(29-26(24)33)21-17-20(9-10-22(21)36-5-2)37(34,35)32-15-13-31(14-16-32)12-7-6-11-27/h9-10,17-18H,4-8,11-16H2,1-3H3,(H,28,29,33). The Morgan fingerprint density at radius 2 is 1.89 bits per heavy atom. The number of aromatic nitrogens is 3. The summed E-state index contributed by atoms with van der Waals surface area (Å²) in [7, 11) is -1.95. The number of piperazine rings is 1. The number of ether oxygens (including phenoxy) is 1. The first-order chi connectivity index (χ1) is 17.8. The van der Waals surface area contributed by atoms with Crippen LogP contribution in [-0.4, -0.2) is 78.2 Å². The van der Waals surface area contributed by atoms with Crippen LogP contribution >= 0.6 is 0 Å². The van der Waals surface area contributed by atoms with Crippen molar-refractivity contribution in [3.8, 4) is 17.1 Å². The molecule has 1 fully saturated rings. The zero-order chi connectivity index (χ0) is 26.6. The summed E-state index contributed by atoms with van der Waals surface area (Å²) in [6, 6.07) is 4.71. The number of fused-ring (bicyclic) bond motifs is 1. The Morgan fingerprint density at radius 1 is 1.14 bits per heavy atom. The number of unbranched alkanes of at least 4 members (excludes halogenated alkanes) is 1. The molecule has 0 bridgehead atoms. The number of hydrogen-bond donors (Lipinski definition) is 1. The van der Waals surface area contributed by atoms with Crippen molar-refractivity contribution in [2.45, 2.75) is 44.4 Å². The molecule has 202 valence electrons. The lowest BCUT2D eigenvalue weighted by Gasteiger charge is -2.34. The molecule has 11 heteroatoms. The van der Waals surface area contributed by atoms with Gasteiger partial charge in [0.05, 0.1) is 29.3 Å². The largest absolute Gasteiger partial charge is 0.493 e. The molecule has 3 heterocycles. The van der Waals surface area contributed by atoms with Gasteiger partial charge in [-0.2, -0.15) is 4.31 Å². The predicted octanol–water partition coefficient (Wildman–Crippen LogP) is 3.34. The Kier molecular flexibility index (Phi) is 8.66. The van der Waals surface area contributed by atoms with E-state index in [0.717, 1.165) is 31.4 Å². The van der Waals surface area contributed by atoms with Crippen LogP contribution in [0.5, 0.6) is 5.75 Å². The van der Waals surface area contributed by atoms with Gasteiger partial charge in [0.15, 0.2) is 0 Å². The van der Waals surface area contributed by atoms with E-state index in [9.17, 15) is 17.6 Å². The van der Waals surface area contributed by atoms with Crippen LogP contribution in [0.15, 0.2) is 34.1 Å². The molecule has 1 aliphatic rings. The van der Waals surface area contributed by atoms with Gasteiger partial charge in [0.2, 0.25) is 10.0 Å². The number of aryl methyl sites for hydroxylation is 2. The molecule has 0 unspecified atom stereocenters. The van der Waals surface area contributed by atoms with E-state index in [1.165, 1.54) is 4.31 Å². The summed E-state index contributed by atoms with van der Waals surface area (Å²) >= 11 is 0. The minimum absolute atomic E-state index is 0.126. The van der Waals surface area contributed by atoms with E-state index in [0.29, 0.717) is 61.6 Å². The molecular formula is C26H36FN5O4S. The topological polar surface area (TPSA) is 101 Å². The van der Waals surface area contributed by atoms with E-state index >= 15 is 0 Å². The van der Waals surface area contributed by atoms with Crippen molar-refractivity contribution in [2.75, 3.05) is 46.0 Å². The fourth-order valence-corrected chi connectivity index (χ4v) is 6.31. The number of aromatic amines is 1. The van der Waals surface area contributed by atoms with Gasteiger partial charge in [-0.25, -0.2) is 13.4 Å². The van der Waals surface area contributed by atoms with Gasteiger partial charge in [-0.3, -0.25) is 9.18 Å². The van der Waals surface area contributed by atoms with Gasteiger partial charge in [-0.1, -0.05) is 13.3 Å². The molecule has 0 aliphatic carbocycles. The normalized spacial score (nSPS) is 15.5. The Hall–Kier alpha value is -2.76. The molecule has 1 saturated heterocycles. The predicted molar refractivity (Wildman–Crippen MR) is 142 cm³/mol. The number of sulfonamides is 1. The summed E-state index contributed by atoms with van der Waals surface area (Å²) in [6.07, 6.45) is 4.90. The number of benzene rings is 1. The summed E-state index contributed by atoms with van der Waals surface area (Å²) in [5.74, 6) is 0.730. The van der Waals surface area contributed by atoms with E-state index in [1.807, 2.05) is 20.2 Å². The highest BCUT2D eigenvalue weighted by Crippen LogP contribution is 2.32. The maximum Gasteiger partial charge on any atom is 0.275 e. The lowest BCUT2D eigenvalue weighted by atomic mass is 10.1. The first-order valence-corrected chi connectivity index (χ1v) is 14.4. The van der Waals surface area contributed by atoms with Crippen molar-refractivity contribution >= 4 is 21.1 Å². The molecule has 0 radical (unpaired) electrons. The molecule has 4 rings (SSSR count). The van der Waals surface area contributed by atoms with E-state index < -0.39 is 10.0 Å². The molecule has 0 saturated carbocycles. The maximum absolute atomic E-state index is 13.6. The molecular weight excluding hydrogens is 497 g/mol. The minimum atomic E-state index is -3.77. The van der Waals surface area contributed by atoms with Gasteiger partial charge >= 0.3 is 0 Å². The van der Waals surface area contributed by atoms with Crippen LogP contribution in [-0.2, 0) is 23.5 Å². The van der Waals surface area contributed by atoms with Crippen LogP contribution in [0, 0.1) is 0 Å². The minimum Gasteiger partial charge on any atom is -0.493 e. The average Bonchev–Trinajstić information content (AvgIpc) is 3.20. The van der Waals surface area contributed by atoms with Crippen LogP contribution in [0.3, 0.4) is 0 Å². The first kappa shape index (κ1) is 27.3. The van der Waals surface area contributed by atoms with Crippen LogP contribution in [0.2, 0.25) is 0 Å². The Bertz CT molecular complexity index is 1390. The monoisotopic (exact) mass is 533 g/mol. The molecule has 2 aromatic heterocycles. The Balaban J connectivity index is 1.69. The fourth-order valence-electron chi connectivity index (χ4n) is 4.87. The van der Waals surface area contributed by atoms with Crippen LogP contribution in [0.25, 0.3) is 22.4 Å². The fraction of sp³-hybridized carbons (Fsp3) is 0.538. The highest BCUT2D eigenvalue weighted by molar-refractivity contribution is 7.89. The third kappa shape index (κ3) is 5.73. The van der Waals surface area contributed by atoms with Crippen LogP contribution in [0.4, 0.5) is 4.39 Å². The lowest BCUT2D eigenvalue weighted by molar-refractivity contribution is 0.184. The van der Waals surface area contributed by atoms with E-state index in [2.05, 4.69) is 16.8 Å². The second-order valence-electron chi connectivity index (χ2n) is 9.36. The number of alkyl halides is 1. The van der Waals surface area contributed by atoms with E-state index in [1.54, 1.807) is 22.8 Å². The van der Waals surface area contributed by atoms with Crippen molar-refractivity contribution in [3.63, 3.8) is 0 Å². The summed E-state index contributed by atoms with van der Waals surface area (Å²) in [6.45, 7) is 6.68. The van der Waals surface area contributed by atoms with E-state index in [4.69, 9.17) is 9.72 Å². The van der Waals surface area contributed by atoms with Crippen molar-refractivity contribution in [2.24, 2.45) is 7.05 Å².